The standard InChI is InChI=1S/C13H16N4O2/c1-3-17-8-15-16-12(17)7-14-13(19)10-5-4-6-11(18)9(10)2/h4-6,8,18H,3,7H2,1-2H3,(H,14,19). The van der Waals surface area contributed by atoms with Crippen LogP contribution in [0.1, 0.15) is 28.7 Å². The summed E-state index contributed by atoms with van der Waals surface area (Å²) in [5, 5.41) is 20.1. The average Bonchev–Trinajstić information content (AvgIpc) is 2.86. The summed E-state index contributed by atoms with van der Waals surface area (Å²) in [6.45, 7) is 4.75. The lowest BCUT2D eigenvalue weighted by atomic mass is 10.1. The van der Waals surface area contributed by atoms with Crippen LogP contribution in [-0.4, -0.2) is 25.8 Å². The summed E-state index contributed by atoms with van der Waals surface area (Å²) in [6.07, 6.45) is 1.63. The van der Waals surface area contributed by atoms with Gasteiger partial charge in [-0.1, -0.05) is 6.07 Å². The van der Waals surface area contributed by atoms with E-state index in [-0.39, 0.29) is 11.7 Å². The fourth-order valence-electron chi connectivity index (χ4n) is 1.80. The molecule has 0 aliphatic rings. The van der Waals surface area contributed by atoms with Crippen molar-refractivity contribution in [3.63, 3.8) is 0 Å². The number of rotatable bonds is 4. The molecular weight excluding hydrogens is 244 g/mol. The molecule has 6 nitrogen and oxygen atoms in total. The molecule has 0 aliphatic carbocycles. The Labute approximate surface area is 111 Å². The van der Waals surface area contributed by atoms with Crippen molar-refractivity contribution in [1.82, 2.24) is 20.1 Å². The minimum absolute atomic E-state index is 0.115. The molecule has 0 unspecified atom stereocenters. The molecule has 2 N–H and O–H groups in total. The first-order valence-electron chi connectivity index (χ1n) is 6.07. The highest BCUT2D eigenvalue weighted by Gasteiger charge is 2.12. The van der Waals surface area contributed by atoms with Crippen LogP contribution in [0, 0.1) is 6.92 Å². The third-order valence-electron chi connectivity index (χ3n) is 2.99. The molecule has 6 heteroatoms. The second-order valence-electron chi connectivity index (χ2n) is 4.17. The van der Waals surface area contributed by atoms with E-state index in [1.54, 1.807) is 31.5 Å². The van der Waals surface area contributed by atoms with E-state index in [0.29, 0.717) is 23.5 Å². The van der Waals surface area contributed by atoms with E-state index in [9.17, 15) is 9.90 Å². The van der Waals surface area contributed by atoms with E-state index in [0.717, 1.165) is 6.54 Å². The zero-order chi connectivity index (χ0) is 13.8. The van der Waals surface area contributed by atoms with Gasteiger partial charge < -0.3 is 15.0 Å². The molecule has 0 fully saturated rings. The van der Waals surface area contributed by atoms with E-state index in [1.807, 2.05) is 11.5 Å². The van der Waals surface area contributed by atoms with Crippen LogP contribution in [0.25, 0.3) is 0 Å². The van der Waals surface area contributed by atoms with Gasteiger partial charge in [0.05, 0.1) is 6.54 Å². The van der Waals surface area contributed by atoms with Crippen molar-refractivity contribution in [3.05, 3.63) is 41.5 Å². The van der Waals surface area contributed by atoms with Gasteiger partial charge in [-0.25, -0.2) is 0 Å². The summed E-state index contributed by atoms with van der Waals surface area (Å²) in [5.74, 6) is 0.581. The van der Waals surface area contributed by atoms with Gasteiger partial charge in [-0.05, 0) is 26.0 Å². The summed E-state index contributed by atoms with van der Waals surface area (Å²) in [7, 11) is 0. The van der Waals surface area contributed by atoms with Crippen LogP contribution in [-0.2, 0) is 13.1 Å². The number of hydrogen-bond donors (Lipinski definition) is 2. The van der Waals surface area contributed by atoms with Crippen LogP contribution >= 0.6 is 0 Å². The van der Waals surface area contributed by atoms with Crippen molar-refractivity contribution in [2.75, 3.05) is 0 Å². The van der Waals surface area contributed by atoms with Crippen LogP contribution in [0.4, 0.5) is 0 Å². The number of phenols is 1. The van der Waals surface area contributed by atoms with Gasteiger partial charge in [0.2, 0.25) is 0 Å². The molecule has 1 amide bonds. The van der Waals surface area contributed by atoms with Gasteiger partial charge in [-0.15, -0.1) is 10.2 Å². The number of nitrogens with zero attached hydrogens (tertiary/aromatic N) is 3. The smallest absolute Gasteiger partial charge is 0.252 e. The van der Waals surface area contributed by atoms with Gasteiger partial charge >= 0.3 is 0 Å². The van der Waals surface area contributed by atoms with Gasteiger partial charge in [0.25, 0.3) is 5.91 Å². The second kappa shape index (κ2) is 5.51. The number of benzene rings is 1. The van der Waals surface area contributed by atoms with Crippen LogP contribution in [0.2, 0.25) is 0 Å². The molecule has 0 spiro atoms. The highest BCUT2D eigenvalue weighted by atomic mass is 16.3. The number of carbonyl (C=O) groups excluding carboxylic acids is 1. The van der Waals surface area contributed by atoms with E-state index in [4.69, 9.17) is 0 Å². The van der Waals surface area contributed by atoms with Crippen molar-refractivity contribution >= 4 is 5.91 Å². The molecule has 0 radical (unpaired) electrons. The number of aromatic hydroxyl groups is 1. The number of nitrogens with one attached hydrogen (secondary N) is 1. The van der Waals surface area contributed by atoms with Gasteiger partial charge in [-0.3, -0.25) is 4.79 Å². The fraction of sp³-hybridized carbons (Fsp3) is 0.308. The molecule has 2 rings (SSSR count). The molecule has 0 saturated carbocycles. The van der Waals surface area contributed by atoms with Crippen LogP contribution in [0.5, 0.6) is 5.75 Å². The lowest BCUT2D eigenvalue weighted by molar-refractivity contribution is 0.0948. The molecule has 1 heterocycles. The third-order valence-corrected chi connectivity index (χ3v) is 2.99. The predicted octanol–water partition coefficient (Wildman–Crippen LogP) is 1.24. The molecule has 0 atom stereocenters. The summed E-state index contributed by atoms with van der Waals surface area (Å²) < 4.78 is 1.86. The maximum atomic E-state index is 12.0. The highest BCUT2D eigenvalue weighted by Crippen LogP contribution is 2.19. The zero-order valence-corrected chi connectivity index (χ0v) is 10.9. The van der Waals surface area contributed by atoms with E-state index in [2.05, 4.69) is 15.5 Å². The number of amides is 1. The Morgan fingerprint density at radius 3 is 3.00 bits per heavy atom. The quantitative estimate of drug-likeness (QED) is 0.866. The molecule has 19 heavy (non-hydrogen) atoms. The lowest BCUT2D eigenvalue weighted by Crippen LogP contribution is -2.25. The maximum absolute atomic E-state index is 12.0. The van der Waals surface area contributed by atoms with Crippen LogP contribution in [0.3, 0.4) is 0 Å². The van der Waals surface area contributed by atoms with Gasteiger partial charge in [0.1, 0.15) is 12.1 Å². The molecule has 1 aromatic heterocycles. The monoisotopic (exact) mass is 260 g/mol. The molecule has 0 aliphatic heterocycles. The number of carbonyl (C=O) groups is 1. The number of aromatic nitrogens is 3. The van der Waals surface area contributed by atoms with Crippen LogP contribution in [0.15, 0.2) is 24.5 Å². The fourth-order valence-corrected chi connectivity index (χ4v) is 1.80. The molecule has 100 valence electrons. The van der Waals surface area contributed by atoms with E-state index in [1.165, 1.54) is 0 Å². The second-order valence-corrected chi connectivity index (χ2v) is 4.17. The SMILES string of the molecule is CCn1cnnc1CNC(=O)c1cccc(O)c1C. The Kier molecular flexibility index (Phi) is 3.79. The summed E-state index contributed by atoms with van der Waals surface area (Å²) >= 11 is 0. The first-order chi connectivity index (χ1) is 9.13. The predicted molar refractivity (Wildman–Crippen MR) is 69.7 cm³/mol. The molecule has 2 aromatic rings. The van der Waals surface area contributed by atoms with Crippen molar-refractivity contribution in [3.8, 4) is 5.75 Å². The number of hydrogen-bond acceptors (Lipinski definition) is 4. The first-order valence-corrected chi connectivity index (χ1v) is 6.07. The largest absolute Gasteiger partial charge is 0.508 e. The molecule has 0 bridgehead atoms. The lowest BCUT2D eigenvalue weighted by Gasteiger charge is -2.08. The van der Waals surface area contributed by atoms with Gasteiger partial charge in [0.15, 0.2) is 5.82 Å². The maximum Gasteiger partial charge on any atom is 0.252 e. The summed E-state index contributed by atoms with van der Waals surface area (Å²) in [6, 6.07) is 4.88. The average molecular weight is 260 g/mol. The van der Waals surface area contributed by atoms with E-state index >= 15 is 0 Å². The highest BCUT2D eigenvalue weighted by molar-refractivity contribution is 5.96. The minimum atomic E-state index is -0.237. The van der Waals surface area contributed by atoms with Crippen molar-refractivity contribution in [2.45, 2.75) is 26.9 Å². The van der Waals surface area contributed by atoms with Gasteiger partial charge in [0, 0.05) is 17.7 Å². The first kappa shape index (κ1) is 13.1. The Balaban J connectivity index is 2.08. The number of aryl methyl sites for hydroxylation is 1. The molecular formula is C13H16N4O2. The summed E-state index contributed by atoms with van der Waals surface area (Å²) in [5.41, 5.74) is 1.03. The Bertz CT molecular complexity index is 592. The third kappa shape index (κ3) is 2.73. The van der Waals surface area contributed by atoms with Crippen LogP contribution < -0.4 is 5.32 Å². The van der Waals surface area contributed by atoms with Gasteiger partial charge in [-0.2, -0.15) is 0 Å². The Hall–Kier alpha value is -2.37. The topological polar surface area (TPSA) is 80.0 Å². The normalized spacial score (nSPS) is 10.4. The minimum Gasteiger partial charge on any atom is -0.508 e. The van der Waals surface area contributed by atoms with Crippen molar-refractivity contribution in [2.24, 2.45) is 0 Å². The summed E-state index contributed by atoms with van der Waals surface area (Å²) in [4.78, 5) is 12.0. The molecule has 1 aromatic carbocycles. The Morgan fingerprint density at radius 2 is 2.26 bits per heavy atom. The molecule has 0 saturated heterocycles. The Morgan fingerprint density at radius 1 is 1.47 bits per heavy atom. The zero-order valence-electron chi connectivity index (χ0n) is 10.9. The van der Waals surface area contributed by atoms with Crippen molar-refractivity contribution in [1.29, 1.82) is 0 Å². The van der Waals surface area contributed by atoms with E-state index < -0.39 is 0 Å². The number of phenolic OH excluding ortho intramolecular Hbond substituents is 1. The van der Waals surface area contributed by atoms with Crippen molar-refractivity contribution < 1.29 is 9.90 Å².